The standard InChI is InChI=1S/C21H29N5O4S/c1-2-12-31(28,29)25-8-3-4-19(25)18-13-20-22-17-5-9-24(15-6-10-30-11-7-15)14-16(17)21(27)26(20)23-18/h2,13,15,19,23H,1,3-12,14H2/t19-/m0/s1. The van der Waals surface area contributed by atoms with Gasteiger partial charge in [0, 0.05) is 51.4 Å². The topological polar surface area (TPSA) is 100 Å². The van der Waals surface area contributed by atoms with Gasteiger partial charge >= 0.3 is 0 Å². The first-order chi connectivity index (χ1) is 15.0. The molecule has 0 amide bonds. The number of aromatic nitrogens is 3. The number of hydrogen-bond acceptors (Lipinski definition) is 6. The summed E-state index contributed by atoms with van der Waals surface area (Å²) in [7, 11) is -3.42. The number of hydrogen-bond donors (Lipinski definition) is 1. The normalized spacial score (nSPS) is 23.9. The summed E-state index contributed by atoms with van der Waals surface area (Å²) in [5.74, 6) is -0.0851. The van der Waals surface area contributed by atoms with Crippen LogP contribution < -0.4 is 5.56 Å². The van der Waals surface area contributed by atoms with Crippen LogP contribution >= 0.6 is 0 Å². The summed E-state index contributed by atoms with van der Waals surface area (Å²) in [4.78, 5) is 20.5. The van der Waals surface area contributed by atoms with Crippen molar-refractivity contribution in [2.24, 2.45) is 0 Å². The largest absolute Gasteiger partial charge is 0.381 e. The SMILES string of the molecule is C=CCS(=O)(=O)N1CCC[C@H]1c1cc2nc3c(c(=O)n2[nH]1)CN(C1CCOCC1)CC3. The molecule has 0 aliphatic carbocycles. The van der Waals surface area contributed by atoms with E-state index in [0.29, 0.717) is 24.8 Å². The number of H-pyrrole nitrogens is 1. The van der Waals surface area contributed by atoms with Gasteiger partial charge in [0.25, 0.3) is 5.56 Å². The number of ether oxygens (including phenoxy) is 1. The van der Waals surface area contributed by atoms with E-state index < -0.39 is 10.0 Å². The van der Waals surface area contributed by atoms with E-state index in [0.717, 1.165) is 68.8 Å². The minimum absolute atomic E-state index is 0.0819. The van der Waals surface area contributed by atoms with Crippen LogP contribution in [0, 0.1) is 0 Å². The van der Waals surface area contributed by atoms with Crippen LogP contribution in [0.3, 0.4) is 0 Å². The van der Waals surface area contributed by atoms with Gasteiger partial charge in [-0.15, -0.1) is 6.58 Å². The van der Waals surface area contributed by atoms with E-state index in [1.165, 1.54) is 14.9 Å². The molecule has 0 radical (unpaired) electrons. The van der Waals surface area contributed by atoms with Gasteiger partial charge in [-0.1, -0.05) is 6.08 Å². The van der Waals surface area contributed by atoms with E-state index in [1.807, 2.05) is 6.07 Å². The average Bonchev–Trinajstić information content (AvgIpc) is 3.42. The Labute approximate surface area is 181 Å². The van der Waals surface area contributed by atoms with Gasteiger partial charge in [-0.25, -0.2) is 17.9 Å². The zero-order valence-electron chi connectivity index (χ0n) is 17.6. The van der Waals surface area contributed by atoms with Crippen molar-refractivity contribution in [2.75, 3.05) is 32.1 Å². The zero-order chi connectivity index (χ0) is 21.6. The molecule has 2 aromatic heterocycles. The number of rotatable bonds is 5. The molecular formula is C21H29N5O4S. The molecule has 2 aromatic rings. The van der Waals surface area contributed by atoms with Gasteiger partial charge in [0.2, 0.25) is 10.0 Å². The van der Waals surface area contributed by atoms with Crippen molar-refractivity contribution in [2.45, 2.75) is 50.7 Å². The lowest BCUT2D eigenvalue weighted by Gasteiger charge is -2.36. The van der Waals surface area contributed by atoms with Crippen molar-refractivity contribution in [1.82, 2.24) is 23.8 Å². The summed E-state index contributed by atoms with van der Waals surface area (Å²) < 4.78 is 33.8. The molecule has 0 saturated carbocycles. The molecule has 0 aromatic carbocycles. The van der Waals surface area contributed by atoms with Crippen molar-refractivity contribution in [1.29, 1.82) is 0 Å². The first-order valence-electron chi connectivity index (χ1n) is 11.0. The minimum atomic E-state index is -3.42. The van der Waals surface area contributed by atoms with Gasteiger partial charge in [-0.3, -0.25) is 14.8 Å². The Bertz CT molecular complexity index is 1150. The highest BCUT2D eigenvalue weighted by Gasteiger charge is 2.36. The maximum atomic E-state index is 13.3. The van der Waals surface area contributed by atoms with Crippen molar-refractivity contribution < 1.29 is 13.2 Å². The average molecular weight is 448 g/mol. The molecule has 9 nitrogen and oxygen atoms in total. The maximum Gasteiger partial charge on any atom is 0.277 e. The molecule has 2 saturated heterocycles. The highest BCUT2D eigenvalue weighted by atomic mass is 32.2. The lowest BCUT2D eigenvalue weighted by atomic mass is 10.0. The maximum absolute atomic E-state index is 13.3. The molecule has 3 aliphatic heterocycles. The van der Waals surface area contributed by atoms with Gasteiger partial charge in [-0.05, 0) is 25.7 Å². The van der Waals surface area contributed by atoms with E-state index in [4.69, 9.17) is 9.72 Å². The number of nitrogens with one attached hydrogen (secondary N) is 1. The summed E-state index contributed by atoms with van der Waals surface area (Å²) in [6.45, 7) is 7.10. The number of nitrogens with zero attached hydrogens (tertiary/aromatic N) is 4. The Balaban J connectivity index is 1.47. The molecule has 1 N–H and O–H groups in total. The van der Waals surface area contributed by atoms with Crippen LogP contribution in [-0.2, 0) is 27.7 Å². The van der Waals surface area contributed by atoms with Crippen LogP contribution in [0.2, 0.25) is 0 Å². The fourth-order valence-corrected chi connectivity index (χ4v) is 6.69. The summed E-state index contributed by atoms with van der Waals surface area (Å²) in [6.07, 6.45) is 5.66. The monoisotopic (exact) mass is 447 g/mol. The Morgan fingerprint density at radius 1 is 1.26 bits per heavy atom. The van der Waals surface area contributed by atoms with E-state index in [-0.39, 0.29) is 17.4 Å². The third kappa shape index (κ3) is 3.75. The van der Waals surface area contributed by atoms with Crippen molar-refractivity contribution in [3.8, 4) is 0 Å². The lowest BCUT2D eigenvalue weighted by Crippen LogP contribution is -2.44. The third-order valence-electron chi connectivity index (χ3n) is 6.77. The summed E-state index contributed by atoms with van der Waals surface area (Å²) in [5, 5.41) is 3.17. The molecule has 3 aliphatic rings. The molecule has 31 heavy (non-hydrogen) atoms. The number of fused-ring (bicyclic) bond motifs is 2. The van der Waals surface area contributed by atoms with Crippen LogP contribution in [-0.4, -0.2) is 70.3 Å². The Hall–Kier alpha value is -2.01. The molecule has 5 heterocycles. The summed E-state index contributed by atoms with van der Waals surface area (Å²) in [5.41, 5.74) is 2.80. The Morgan fingerprint density at radius 2 is 2.06 bits per heavy atom. The van der Waals surface area contributed by atoms with E-state index >= 15 is 0 Å². The minimum Gasteiger partial charge on any atom is -0.381 e. The van der Waals surface area contributed by atoms with Crippen LogP contribution in [0.15, 0.2) is 23.5 Å². The van der Waals surface area contributed by atoms with Crippen LogP contribution in [0.4, 0.5) is 0 Å². The molecular weight excluding hydrogens is 418 g/mol. The van der Waals surface area contributed by atoms with Gasteiger partial charge in [0.05, 0.1) is 28.7 Å². The third-order valence-corrected chi connectivity index (χ3v) is 8.57. The molecule has 0 bridgehead atoms. The molecule has 0 spiro atoms. The van der Waals surface area contributed by atoms with Gasteiger partial charge in [-0.2, -0.15) is 4.31 Å². The van der Waals surface area contributed by atoms with E-state index in [1.54, 1.807) is 0 Å². The summed E-state index contributed by atoms with van der Waals surface area (Å²) in [6, 6.07) is 1.98. The molecule has 0 unspecified atom stereocenters. The highest BCUT2D eigenvalue weighted by molar-refractivity contribution is 7.89. The second-order valence-electron chi connectivity index (χ2n) is 8.65. The predicted molar refractivity (Wildman–Crippen MR) is 116 cm³/mol. The molecule has 168 valence electrons. The summed E-state index contributed by atoms with van der Waals surface area (Å²) >= 11 is 0. The van der Waals surface area contributed by atoms with Crippen molar-refractivity contribution in [3.63, 3.8) is 0 Å². The first-order valence-corrected chi connectivity index (χ1v) is 12.6. The smallest absolute Gasteiger partial charge is 0.277 e. The van der Waals surface area contributed by atoms with Crippen LogP contribution in [0.1, 0.15) is 48.7 Å². The van der Waals surface area contributed by atoms with Gasteiger partial charge in [0.1, 0.15) is 0 Å². The predicted octanol–water partition coefficient (Wildman–Crippen LogP) is 1.21. The van der Waals surface area contributed by atoms with Crippen molar-refractivity contribution in [3.05, 3.63) is 46.0 Å². The Morgan fingerprint density at radius 3 is 2.84 bits per heavy atom. The molecule has 2 fully saturated rings. The molecule has 1 atom stereocenters. The first kappa shape index (κ1) is 20.9. The zero-order valence-corrected chi connectivity index (χ0v) is 18.4. The Kier molecular flexibility index (Phi) is 5.49. The molecule has 5 rings (SSSR count). The van der Waals surface area contributed by atoms with E-state index in [9.17, 15) is 13.2 Å². The quantitative estimate of drug-likeness (QED) is 0.692. The van der Waals surface area contributed by atoms with Gasteiger partial charge < -0.3 is 4.74 Å². The fourth-order valence-electron chi connectivity index (χ4n) is 5.18. The lowest BCUT2D eigenvalue weighted by molar-refractivity contribution is 0.0286. The van der Waals surface area contributed by atoms with Crippen molar-refractivity contribution >= 4 is 15.7 Å². The number of aromatic amines is 1. The van der Waals surface area contributed by atoms with Crippen LogP contribution in [0.25, 0.3) is 5.65 Å². The molecule has 10 heteroatoms. The number of sulfonamides is 1. The second kappa shape index (κ2) is 8.16. The second-order valence-corrected chi connectivity index (χ2v) is 10.6. The van der Waals surface area contributed by atoms with Gasteiger partial charge in [0.15, 0.2) is 5.65 Å². The van der Waals surface area contributed by atoms with Crippen LogP contribution in [0.5, 0.6) is 0 Å². The fraction of sp³-hybridized carbons (Fsp3) is 0.619. The van der Waals surface area contributed by atoms with E-state index in [2.05, 4.69) is 16.6 Å². The highest BCUT2D eigenvalue weighted by Crippen LogP contribution is 2.34.